The van der Waals surface area contributed by atoms with Crippen LogP contribution in [-0.2, 0) is 4.79 Å². The summed E-state index contributed by atoms with van der Waals surface area (Å²) in [5.74, 6) is -3.50. The molecule has 172 valence electrons. The van der Waals surface area contributed by atoms with E-state index in [4.69, 9.17) is 5.73 Å². The van der Waals surface area contributed by atoms with Crippen LogP contribution in [0.3, 0.4) is 0 Å². The number of carbonyl (C=O) groups is 3. The number of fused-ring (bicyclic) bond motifs is 1. The van der Waals surface area contributed by atoms with Crippen molar-refractivity contribution >= 4 is 34.4 Å². The molecule has 3 N–H and O–H groups in total. The molecule has 4 rings (SSSR count). The molecule has 0 aliphatic rings. The Morgan fingerprint density at radius 2 is 1.68 bits per heavy atom. The highest BCUT2D eigenvalue weighted by atomic mass is 19.4. The van der Waals surface area contributed by atoms with Crippen molar-refractivity contribution < 1.29 is 37.1 Å². The number of nitrogens with one attached hydrogen (secondary N) is 1. The fourth-order valence-electron chi connectivity index (χ4n) is 3.05. The Kier molecular flexibility index (Phi) is 5.72. The molecule has 0 radical (unpaired) electrons. The third kappa shape index (κ3) is 4.70. The van der Waals surface area contributed by atoms with Crippen LogP contribution in [0.25, 0.3) is 16.6 Å². The predicted molar refractivity (Wildman–Crippen MR) is 112 cm³/mol. The van der Waals surface area contributed by atoms with Crippen LogP contribution in [0.5, 0.6) is 0 Å². The minimum atomic E-state index is -5.14. The highest BCUT2D eigenvalue weighted by Crippen LogP contribution is 2.21. The molecule has 4 aromatic rings. The van der Waals surface area contributed by atoms with Crippen molar-refractivity contribution in [2.45, 2.75) is 6.18 Å². The number of anilines is 1. The Labute approximate surface area is 189 Å². The number of nitrogens with two attached hydrogens (primary N) is 1. The van der Waals surface area contributed by atoms with Gasteiger partial charge in [-0.15, -0.1) is 0 Å². The summed E-state index contributed by atoms with van der Waals surface area (Å²) in [6.45, 7) is 0. The molecule has 0 aliphatic carbocycles. The van der Waals surface area contributed by atoms with Gasteiger partial charge in [0.15, 0.2) is 0 Å². The Bertz CT molecular complexity index is 1400. The number of alkyl halides is 3. The lowest BCUT2D eigenvalue weighted by Gasteiger charge is -2.06. The van der Waals surface area contributed by atoms with Gasteiger partial charge in [-0.05, 0) is 30.3 Å². The van der Waals surface area contributed by atoms with E-state index >= 15 is 0 Å². The molecule has 0 bridgehead atoms. The second-order valence-electron chi connectivity index (χ2n) is 7.01. The van der Waals surface area contributed by atoms with Crippen molar-refractivity contribution in [1.82, 2.24) is 9.78 Å². The molecule has 2 aromatic heterocycles. The van der Waals surface area contributed by atoms with Crippen molar-refractivity contribution in [1.29, 1.82) is 0 Å². The number of aromatic nitrogens is 3. The highest BCUT2D eigenvalue weighted by Gasteiger charge is 2.44. The summed E-state index contributed by atoms with van der Waals surface area (Å²) in [5, 5.41) is 7.78. The number of rotatable bonds is 5. The predicted octanol–water partition coefficient (Wildman–Crippen LogP) is 2.18. The molecule has 0 aliphatic heterocycles. The lowest BCUT2D eigenvalue weighted by Crippen LogP contribution is -2.49. The maximum absolute atomic E-state index is 12.4. The van der Waals surface area contributed by atoms with Crippen LogP contribution in [0.15, 0.2) is 73.2 Å². The van der Waals surface area contributed by atoms with Crippen molar-refractivity contribution in [2.24, 2.45) is 5.73 Å². The number of carbonyl (C=O) groups excluding carboxylic acids is 3. The molecule has 0 unspecified atom stereocenters. The van der Waals surface area contributed by atoms with Crippen LogP contribution in [0.1, 0.15) is 20.7 Å². The normalized spacial score (nSPS) is 11.3. The van der Waals surface area contributed by atoms with E-state index in [2.05, 4.69) is 15.3 Å². The number of nitrogens with zero attached hydrogens (tertiary/aromatic N) is 3. The van der Waals surface area contributed by atoms with Crippen LogP contribution in [0.2, 0.25) is 0 Å². The van der Waals surface area contributed by atoms with Gasteiger partial charge in [-0.25, -0.2) is 9.48 Å². The van der Waals surface area contributed by atoms with Crippen LogP contribution in [0.4, 0.5) is 18.9 Å². The number of hydrogen-bond acceptors (Lipinski definition) is 5. The summed E-state index contributed by atoms with van der Waals surface area (Å²) in [4.78, 5) is 39.0. The molecule has 0 fully saturated rings. The van der Waals surface area contributed by atoms with E-state index in [1.165, 1.54) is 12.1 Å². The van der Waals surface area contributed by atoms with E-state index in [0.717, 1.165) is 17.8 Å². The molecule has 2 aromatic carbocycles. The number of halogens is 3. The van der Waals surface area contributed by atoms with Gasteiger partial charge in [0.25, 0.3) is 11.8 Å². The molecule has 2 amide bonds. The van der Waals surface area contributed by atoms with Gasteiger partial charge in [-0.2, -0.15) is 23.1 Å². The lowest BCUT2D eigenvalue weighted by atomic mass is 10.1. The molecule has 12 heteroatoms. The number of pyridine rings is 1. The van der Waals surface area contributed by atoms with Crippen LogP contribution >= 0.6 is 0 Å². The van der Waals surface area contributed by atoms with E-state index in [-0.39, 0.29) is 5.56 Å². The summed E-state index contributed by atoms with van der Waals surface area (Å²) < 4.78 is 38.9. The SMILES string of the molecule is NC(=O)c1cccc2cn(-c3ccc(NC(=O)c4cc[n+](OC(=O)C(F)(F)F)cc4)cc3)nc12. The first kappa shape index (κ1) is 22.5. The molecular formula is C22H15F3N5O4+. The Morgan fingerprint density at radius 1 is 1.00 bits per heavy atom. The van der Waals surface area contributed by atoms with Crippen molar-refractivity contribution in [3.8, 4) is 5.69 Å². The molecule has 0 saturated carbocycles. The summed E-state index contributed by atoms with van der Waals surface area (Å²) in [6, 6.07) is 14.1. The maximum Gasteiger partial charge on any atom is 0.498 e. The van der Waals surface area contributed by atoms with Crippen LogP contribution < -0.4 is 20.6 Å². The molecule has 0 atom stereocenters. The van der Waals surface area contributed by atoms with Gasteiger partial charge in [-0.1, -0.05) is 12.1 Å². The average molecular weight is 470 g/mol. The Balaban J connectivity index is 1.45. The zero-order chi connectivity index (χ0) is 24.5. The van der Waals surface area contributed by atoms with E-state index in [1.807, 2.05) is 0 Å². The van der Waals surface area contributed by atoms with Crippen molar-refractivity contribution in [3.63, 3.8) is 0 Å². The van der Waals surface area contributed by atoms with Crippen LogP contribution in [-0.4, -0.2) is 33.7 Å². The third-order valence-corrected chi connectivity index (χ3v) is 4.68. The molecule has 0 spiro atoms. The maximum atomic E-state index is 12.4. The van der Waals surface area contributed by atoms with Gasteiger partial charge >= 0.3 is 12.1 Å². The van der Waals surface area contributed by atoms with Crippen molar-refractivity contribution in [2.75, 3.05) is 5.32 Å². The first-order valence-corrected chi connectivity index (χ1v) is 9.62. The fraction of sp³-hybridized carbons (Fsp3) is 0.0455. The van der Waals surface area contributed by atoms with E-state index in [1.54, 1.807) is 53.3 Å². The largest absolute Gasteiger partial charge is 0.498 e. The minimum absolute atomic E-state index is 0.126. The second kappa shape index (κ2) is 8.65. The van der Waals surface area contributed by atoms with Gasteiger partial charge in [0.05, 0.1) is 16.8 Å². The third-order valence-electron chi connectivity index (χ3n) is 4.68. The minimum Gasteiger partial charge on any atom is -0.366 e. The first-order chi connectivity index (χ1) is 16.1. The zero-order valence-electron chi connectivity index (χ0n) is 17.1. The van der Waals surface area contributed by atoms with E-state index in [0.29, 0.717) is 27.2 Å². The van der Waals surface area contributed by atoms with Gasteiger partial charge in [0.2, 0.25) is 12.4 Å². The number of hydrogen-bond donors (Lipinski definition) is 2. The zero-order valence-corrected chi connectivity index (χ0v) is 17.1. The van der Waals surface area contributed by atoms with Gasteiger partial charge in [-0.3, -0.25) is 9.59 Å². The lowest BCUT2D eigenvalue weighted by molar-refractivity contribution is -0.870. The molecule has 34 heavy (non-hydrogen) atoms. The summed E-state index contributed by atoms with van der Waals surface area (Å²) in [5.41, 5.74) is 7.40. The monoisotopic (exact) mass is 470 g/mol. The fourth-order valence-corrected chi connectivity index (χ4v) is 3.05. The highest BCUT2D eigenvalue weighted by molar-refractivity contribution is 6.05. The van der Waals surface area contributed by atoms with E-state index in [9.17, 15) is 27.6 Å². The smallest absolute Gasteiger partial charge is 0.366 e. The number of primary amides is 1. The number of benzene rings is 2. The number of amides is 2. The molecular weight excluding hydrogens is 455 g/mol. The second-order valence-corrected chi connectivity index (χ2v) is 7.01. The first-order valence-electron chi connectivity index (χ1n) is 9.62. The Hall–Kier alpha value is -4.74. The topological polar surface area (TPSA) is 120 Å². The standard InChI is InChI=1S/C22H14F3N5O4/c23-22(24,25)21(33)34-29-10-8-13(9-11-29)20(32)27-15-4-6-16(7-5-15)30-12-14-2-1-3-17(19(26)31)18(14)28-30/h1-12H,(H2-,26,27,31,32)/p+1. The van der Waals surface area contributed by atoms with Gasteiger partial charge < -0.3 is 11.1 Å². The molecule has 2 heterocycles. The molecule has 9 nitrogen and oxygen atoms in total. The quantitative estimate of drug-likeness (QED) is 0.434. The molecule has 0 saturated heterocycles. The van der Waals surface area contributed by atoms with Crippen molar-refractivity contribution in [3.05, 3.63) is 84.3 Å². The Morgan fingerprint density at radius 3 is 2.29 bits per heavy atom. The van der Waals surface area contributed by atoms with Crippen LogP contribution in [0, 0.1) is 0 Å². The van der Waals surface area contributed by atoms with Gasteiger partial charge in [0.1, 0.15) is 5.52 Å². The average Bonchev–Trinajstić information content (AvgIpc) is 3.23. The van der Waals surface area contributed by atoms with Gasteiger partial charge in [0, 0.05) is 34.1 Å². The summed E-state index contributed by atoms with van der Waals surface area (Å²) >= 11 is 0. The summed E-state index contributed by atoms with van der Waals surface area (Å²) in [6.07, 6.45) is -1.39. The summed E-state index contributed by atoms with van der Waals surface area (Å²) in [7, 11) is 0. The van der Waals surface area contributed by atoms with E-state index < -0.39 is 24.0 Å².